The summed E-state index contributed by atoms with van der Waals surface area (Å²) in [5.74, 6) is 0. The van der Waals surface area contributed by atoms with Gasteiger partial charge >= 0.3 is 6.18 Å². The van der Waals surface area contributed by atoms with Crippen LogP contribution in [-0.2, 0) is 19.1 Å². The fourth-order valence-corrected chi connectivity index (χ4v) is 2.65. The number of unbranched alkanes of at least 4 members (excludes halogenated alkanes) is 2. The molecule has 0 bridgehead atoms. The SMILES string of the molecule is CCCCCN(CCC)Cc1cc(CC)cc(C(F)(F)F)c1. The summed E-state index contributed by atoms with van der Waals surface area (Å²) in [6.45, 7) is 8.65. The molecule has 0 aromatic heterocycles. The number of aryl methyl sites for hydroxylation is 1. The number of alkyl halides is 3. The summed E-state index contributed by atoms with van der Waals surface area (Å²) >= 11 is 0. The molecule has 0 fully saturated rings. The predicted molar refractivity (Wildman–Crippen MR) is 85.9 cm³/mol. The van der Waals surface area contributed by atoms with Crippen LogP contribution < -0.4 is 0 Å². The second-order valence-corrected chi connectivity index (χ2v) is 5.87. The lowest BCUT2D eigenvalue weighted by atomic mass is 10.0. The van der Waals surface area contributed by atoms with Gasteiger partial charge in [0.15, 0.2) is 0 Å². The maximum absolute atomic E-state index is 13.0. The van der Waals surface area contributed by atoms with E-state index in [1.807, 2.05) is 13.0 Å². The normalized spacial score (nSPS) is 12.1. The van der Waals surface area contributed by atoms with Crippen LogP contribution in [0.3, 0.4) is 0 Å². The topological polar surface area (TPSA) is 3.24 Å². The van der Waals surface area contributed by atoms with Crippen molar-refractivity contribution in [1.29, 1.82) is 0 Å². The van der Waals surface area contributed by atoms with Crippen LogP contribution in [0.4, 0.5) is 13.2 Å². The van der Waals surface area contributed by atoms with Gasteiger partial charge < -0.3 is 0 Å². The Labute approximate surface area is 132 Å². The molecule has 22 heavy (non-hydrogen) atoms. The van der Waals surface area contributed by atoms with E-state index in [-0.39, 0.29) is 0 Å². The average Bonchev–Trinajstić information content (AvgIpc) is 2.46. The van der Waals surface area contributed by atoms with Crippen LogP contribution in [0, 0.1) is 0 Å². The van der Waals surface area contributed by atoms with Gasteiger partial charge in [-0.3, -0.25) is 4.90 Å². The number of halogens is 3. The van der Waals surface area contributed by atoms with Crippen molar-refractivity contribution < 1.29 is 13.2 Å². The molecule has 0 aliphatic rings. The molecule has 0 N–H and O–H groups in total. The molecule has 0 spiro atoms. The van der Waals surface area contributed by atoms with E-state index in [4.69, 9.17) is 0 Å². The lowest BCUT2D eigenvalue weighted by Gasteiger charge is -2.22. The van der Waals surface area contributed by atoms with Gasteiger partial charge in [0.05, 0.1) is 5.56 Å². The highest BCUT2D eigenvalue weighted by molar-refractivity contribution is 5.32. The van der Waals surface area contributed by atoms with Gasteiger partial charge in [0.25, 0.3) is 0 Å². The first kappa shape index (κ1) is 19.0. The zero-order valence-electron chi connectivity index (χ0n) is 14.0. The van der Waals surface area contributed by atoms with Crippen molar-refractivity contribution in [3.63, 3.8) is 0 Å². The summed E-state index contributed by atoms with van der Waals surface area (Å²) in [5, 5.41) is 0. The van der Waals surface area contributed by atoms with Crippen molar-refractivity contribution in [2.24, 2.45) is 0 Å². The minimum atomic E-state index is -4.27. The number of rotatable bonds is 9. The molecule has 0 saturated heterocycles. The first-order chi connectivity index (χ1) is 10.4. The number of nitrogens with zero attached hydrogens (tertiary/aromatic N) is 1. The van der Waals surface area contributed by atoms with Crippen molar-refractivity contribution in [2.45, 2.75) is 65.6 Å². The lowest BCUT2D eigenvalue weighted by molar-refractivity contribution is -0.137. The van der Waals surface area contributed by atoms with Gasteiger partial charge in [0.2, 0.25) is 0 Å². The molecule has 0 aliphatic heterocycles. The maximum Gasteiger partial charge on any atom is 0.416 e. The number of hydrogen-bond donors (Lipinski definition) is 0. The zero-order valence-corrected chi connectivity index (χ0v) is 14.0. The average molecular weight is 315 g/mol. The second kappa shape index (κ2) is 9.19. The van der Waals surface area contributed by atoms with Gasteiger partial charge in [0.1, 0.15) is 0 Å². The van der Waals surface area contributed by atoms with E-state index in [2.05, 4.69) is 18.7 Å². The van der Waals surface area contributed by atoms with Crippen molar-refractivity contribution in [3.05, 3.63) is 34.9 Å². The summed E-state index contributed by atoms with van der Waals surface area (Å²) in [4.78, 5) is 2.27. The van der Waals surface area contributed by atoms with Crippen LogP contribution in [0.2, 0.25) is 0 Å². The molecule has 4 heteroatoms. The van der Waals surface area contributed by atoms with Gasteiger partial charge in [-0.25, -0.2) is 0 Å². The minimum absolute atomic E-state index is 0.521. The Morgan fingerprint density at radius 2 is 1.55 bits per heavy atom. The first-order valence-electron chi connectivity index (χ1n) is 8.33. The quantitative estimate of drug-likeness (QED) is 0.531. The van der Waals surface area contributed by atoms with E-state index in [9.17, 15) is 13.2 Å². The standard InChI is InChI=1S/C18H28F3N/c1-4-7-8-10-22(9-5-2)14-16-11-15(6-3)12-17(13-16)18(19,20)21/h11-13H,4-10,14H2,1-3H3. The molecule has 0 saturated carbocycles. The highest BCUT2D eigenvalue weighted by Gasteiger charge is 2.31. The van der Waals surface area contributed by atoms with E-state index in [0.717, 1.165) is 43.5 Å². The molecule has 1 aromatic rings. The van der Waals surface area contributed by atoms with Crippen LogP contribution in [0.15, 0.2) is 18.2 Å². The highest BCUT2D eigenvalue weighted by Crippen LogP contribution is 2.31. The predicted octanol–water partition coefficient (Wildman–Crippen LogP) is 5.67. The Hall–Kier alpha value is -1.03. The monoisotopic (exact) mass is 315 g/mol. The zero-order chi connectivity index (χ0) is 16.6. The van der Waals surface area contributed by atoms with Gasteiger partial charge in [-0.15, -0.1) is 0 Å². The summed E-state index contributed by atoms with van der Waals surface area (Å²) in [5.41, 5.74) is 1.01. The third kappa shape index (κ3) is 6.39. The van der Waals surface area contributed by atoms with Crippen LogP contribution in [-0.4, -0.2) is 18.0 Å². The number of hydrogen-bond acceptors (Lipinski definition) is 1. The Balaban J connectivity index is 2.88. The van der Waals surface area contributed by atoms with Gasteiger partial charge in [-0.2, -0.15) is 13.2 Å². The molecular formula is C18H28F3N. The third-order valence-corrected chi connectivity index (χ3v) is 3.81. The van der Waals surface area contributed by atoms with Crippen molar-refractivity contribution >= 4 is 0 Å². The molecule has 0 atom stereocenters. The van der Waals surface area contributed by atoms with E-state index in [0.29, 0.717) is 13.0 Å². The lowest BCUT2D eigenvalue weighted by Crippen LogP contribution is -2.25. The van der Waals surface area contributed by atoms with Crippen LogP contribution in [0.1, 0.15) is 63.1 Å². The fourth-order valence-electron chi connectivity index (χ4n) is 2.65. The van der Waals surface area contributed by atoms with E-state index < -0.39 is 11.7 Å². The van der Waals surface area contributed by atoms with Gasteiger partial charge in [0, 0.05) is 6.54 Å². The highest BCUT2D eigenvalue weighted by atomic mass is 19.4. The summed E-state index contributed by atoms with van der Waals surface area (Å²) < 4.78 is 39.0. The largest absolute Gasteiger partial charge is 0.416 e. The summed E-state index contributed by atoms with van der Waals surface area (Å²) in [6, 6.07) is 4.49. The van der Waals surface area contributed by atoms with Crippen LogP contribution >= 0.6 is 0 Å². The molecule has 1 rings (SSSR count). The van der Waals surface area contributed by atoms with Crippen LogP contribution in [0.25, 0.3) is 0 Å². The van der Waals surface area contributed by atoms with Gasteiger partial charge in [-0.1, -0.05) is 39.7 Å². The fraction of sp³-hybridized carbons (Fsp3) is 0.667. The van der Waals surface area contributed by atoms with Crippen molar-refractivity contribution in [3.8, 4) is 0 Å². The van der Waals surface area contributed by atoms with Crippen molar-refractivity contribution in [1.82, 2.24) is 4.90 Å². The molecule has 126 valence electrons. The van der Waals surface area contributed by atoms with Crippen LogP contribution in [0.5, 0.6) is 0 Å². The molecule has 0 heterocycles. The summed E-state index contributed by atoms with van der Waals surface area (Å²) in [7, 11) is 0. The molecular weight excluding hydrogens is 287 g/mol. The second-order valence-electron chi connectivity index (χ2n) is 5.87. The smallest absolute Gasteiger partial charge is 0.299 e. The molecule has 1 nitrogen and oxygen atoms in total. The Morgan fingerprint density at radius 3 is 2.09 bits per heavy atom. The molecule has 0 radical (unpaired) electrons. The third-order valence-electron chi connectivity index (χ3n) is 3.81. The Bertz CT molecular complexity index is 440. The molecule has 0 unspecified atom stereocenters. The minimum Gasteiger partial charge on any atom is -0.299 e. The van der Waals surface area contributed by atoms with E-state index in [1.54, 1.807) is 0 Å². The molecule has 0 amide bonds. The maximum atomic E-state index is 13.0. The summed E-state index contributed by atoms with van der Waals surface area (Å²) in [6.07, 6.45) is 0.812. The van der Waals surface area contributed by atoms with Gasteiger partial charge in [-0.05, 0) is 55.6 Å². The molecule has 0 aliphatic carbocycles. The van der Waals surface area contributed by atoms with E-state index in [1.165, 1.54) is 18.6 Å². The Kier molecular flexibility index (Phi) is 7.94. The van der Waals surface area contributed by atoms with E-state index >= 15 is 0 Å². The first-order valence-corrected chi connectivity index (χ1v) is 8.33. The Morgan fingerprint density at radius 1 is 0.864 bits per heavy atom. The van der Waals surface area contributed by atoms with Crippen molar-refractivity contribution in [2.75, 3.05) is 13.1 Å². The number of benzene rings is 1. The molecule has 1 aromatic carbocycles.